The van der Waals surface area contributed by atoms with Gasteiger partial charge in [-0.15, -0.1) is 0 Å². The lowest BCUT2D eigenvalue weighted by molar-refractivity contribution is 0.0842. The summed E-state index contributed by atoms with van der Waals surface area (Å²) in [5.41, 5.74) is 2.87. The Morgan fingerprint density at radius 3 is 2.84 bits per heavy atom. The molecule has 2 aliphatic rings. The van der Waals surface area contributed by atoms with Gasteiger partial charge in [0.25, 0.3) is 0 Å². The van der Waals surface area contributed by atoms with Crippen molar-refractivity contribution >= 4 is 29.0 Å². The minimum absolute atomic E-state index is 0.0968. The van der Waals surface area contributed by atoms with Crippen LogP contribution in [0.5, 0.6) is 5.75 Å². The van der Waals surface area contributed by atoms with Crippen molar-refractivity contribution in [1.29, 1.82) is 0 Å². The zero-order valence-electron chi connectivity index (χ0n) is 15.4. The van der Waals surface area contributed by atoms with Crippen molar-refractivity contribution in [2.45, 2.75) is 64.3 Å². The second kappa shape index (κ2) is 7.72. The maximum Gasteiger partial charge on any atom is 0.418 e. The highest BCUT2D eigenvalue weighted by atomic mass is 127. The van der Waals surface area contributed by atoms with Crippen LogP contribution in [0.15, 0.2) is 18.2 Å². The van der Waals surface area contributed by atoms with Crippen LogP contribution in [-0.4, -0.2) is 28.5 Å². The summed E-state index contributed by atoms with van der Waals surface area (Å²) in [6, 6.07) is 6.69. The molecule has 0 heterocycles. The van der Waals surface area contributed by atoms with E-state index >= 15 is 0 Å². The van der Waals surface area contributed by atoms with Gasteiger partial charge >= 0.3 is 6.09 Å². The molecule has 3 rings (SSSR count). The van der Waals surface area contributed by atoms with Crippen LogP contribution in [0.25, 0.3) is 0 Å². The molecule has 2 aliphatic carbocycles. The maximum atomic E-state index is 12.3. The van der Waals surface area contributed by atoms with Gasteiger partial charge in [-0.05, 0) is 67.7 Å². The Bertz CT molecular complexity index is 635. The molecule has 0 unspecified atom stereocenters. The molecular weight excluding hydrogens is 429 g/mol. The van der Waals surface area contributed by atoms with E-state index in [-0.39, 0.29) is 17.6 Å². The molecule has 138 valence electrons. The normalized spacial score (nSPS) is 27.8. The fraction of sp³-hybridized carbons (Fsp3) is 0.650. The summed E-state index contributed by atoms with van der Waals surface area (Å²) in [5.74, 6) is 1.42. The third kappa shape index (κ3) is 3.49. The molecule has 0 spiro atoms. The van der Waals surface area contributed by atoms with Crippen molar-refractivity contribution < 1.29 is 14.3 Å². The predicted molar refractivity (Wildman–Crippen MR) is 107 cm³/mol. The first-order valence-electron chi connectivity index (χ1n) is 9.39. The molecule has 0 aromatic heterocycles. The minimum Gasteiger partial charge on any atom is -0.494 e. The highest BCUT2D eigenvalue weighted by molar-refractivity contribution is 14.1. The highest BCUT2D eigenvalue weighted by Gasteiger charge is 2.49. The number of halogens is 1. The number of nitrogens with zero attached hydrogens (tertiary/aromatic N) is 1. The fourth-order valence-electron chi connectivity index (χ4n) is 4.76. The van der Waals surface area contributed by atoms with E-state index < -0.39 is 0 Å². The highest BCUT2D eigenvalue weighted by Crippen LogP contribution is 2.52. The van der Waals surface area contributed by atoms with E-state index in [2.05, 4.69) is 48.0 Å². The van der Waals surface area contributed by atoms with Crippen LogP contribution in [0.3, 0.4) is 0 Å². The average Bonchev–Trinajstić information content (AvgIpc) is 2.61. The summed E-state index contributed by atoms with van der Waals surface area (Å²) in [7, 11) is 0. The summed E-state index contributed by atoms with van der Waals surface area (Å²) in [6.07, 6.45) is 5.51. The molecule has 4 nitrogen and oxygen atoms in total. The first kappa shape index (κ1) is 18.8. The van der Waals surface area contributed by atoms with E-state index in [0.717, 1.165) is 12.2 Å². The van der Waals surface area contributed by atoms with Gasteiger partial charge in [0, 0.05) is 0 Å². The van der Waals surface area contributed by atoms with Gasteiger partial charge in [0.1, 0.15) is 5.75 Å². The number of benzene rings is 1. The number of carbonyl (C=O) groups excluding carboxylic acids is 1. The first-order chi connectivity index (χ1) is 12.0. The van der Waals surface area contributed by atoms with E-state index in [0.29, 0.717) is 19.1 Å². The topological polar surface area (TPSA) is 38.8 Å². The second-order valence-electron chi connectivity index (χ2n) is 7.30. The van der Waals surface area contributed by atoms with E-state index in [4.69, 9.17) is 9.47 Å². The van der Waals surface area contributed by atoms with E-state index in [1.165, 1.54) is 36.8 Å². The number of amides is 1. The van der Waals surface area contributed by atoms with Crippen molar-refractivity contribution in [2.24, 2.45) is 5.92 Å². The first-order valence-corrected chi connectivity index (χ1v) is 10.4. The molecule has 0 radical (unpaired) electrons. The Labute approximate surface area is 164 Å². The molecule has 0 bridgehead atoms. The summed E-state index contributed by atoms with van der Waals surface area (Å²) >= 11 is 2.16. The largest absolute Gasteiger partial charge is 0.494 e. The van der Waals surface area contributed by atoms with Crippen molar-refractivity contribution in [1.82, 2.24) is 3.11 Å². The third-order valence-corrected chi connectivity index (χ3v) is 7.02. The lowest BCUT2D eigenvalue weighted by Crippen LogP contribution is -2.53. The molecule has 1 aromatic rings. The van der Waals surface area contributed by atoms with Crippen LogP contribution in [0.4, 0.5) is 4.79 Å². The van der Waals surface area contributed by atoms with Gasteiger partial charge in [-0.3, -0.25) is 0 Å². The molecule has 3 atom stereocenters. The average molecular weight is 457 g/mol. The predicted octanol–water partition coefficient (Wildman–Crippen LogP) is 5.27. The van der Waals surface area contributed by atoms with Crippen LogP contribution < -0.4 is 4.74 Å². The molecule has 0 N–H and O–H groups in total. The van der Waals surface area contributed by atoms with E-state index in [1.807, 2.05) is 17.0 Å². The molecule has 0 aliphatic heterocycles. The summed E-state index contributed by atoms with van der Waals surface area (Å²) in [5, 5.41) is 0. The Hall–Kier alpha value is -0.980. The molecular formula is C20H28INO3. The van der Waals surface area contributed by atoms with Gasteiger partial charge in [-0.25, -0.2) is 7.91 Å². The van der Waals surface area contributed by atoms with E-state index in [1.54, 1.807) is 0 Å². The van der Waals surface area contributed by atoms with Gasteiger partial charge < -0.3 is 9.47 Å². The minimum atomic E-state index is -0.213. The molecule has 25 heavy (non-hydrogen) atoms. The van der Waals surface area contributed by atoms with Gasteiger partial charge in [-0.2, -0.15) is 0 Å². The van der Waals surface area contributed by atoms with Crippen molar-refractivity contribution in [3.63, 3.8) is 0 Å². The number of hydrogen-bond donors (Lipinski definition) is 0. The molecule has 1 fully saturated rings. The Morgan fingerprint density at radius 2 is 2.12 bits per heavy atom. The van der Waals surface area contributed by atoms with Gasteiger partial charge in [-0.1, -0.05) is 25.8 Å². The number of fused-ring (bicyclic) bond motifs is 3. The van der Waals surface area contributed by atoms with Gasteiger partial charge in [0.2, 0.25) is 0 Å². The summed E-state index contributed by atoms with van der Waals surface area (Å²) in [6.45, 7) is 7.37. The number of rotatable bonds is 4. The van der Waals surface area contributed by atoms with Gasteiger partial charge in [0.15, 0.2) is 0 Å². The fourth-order valence-corrected chi connectivity index (χ4v) is 5.48. The SMILES string of the molecule is CCOC(=O)N(I)[C@H]1Cc2ccc(OCC)cc2[C@]2(C)CCCC[C@H]12. The molecule has 1 amide bonds. The van der Waals surface area contributed by atoms with Crippen LogP contribution in [0.2, 0.25) is 0 Å². The Balaban J connectivity index is 1.99. The van der Waals surface area contributed by atoms with Crippen LogP contribution in [0, 0.1) is 5.92 Å². The van der Waals surface area contributed by atoms with Crippen molar-refractivity contribution in [3.8, 4) is 5.75 Å². The molecule has 1 aromatic carbocycles. The Morgan fingerprint density at radius 1 is 1.32 bits per heavy atom. The second-order valence-corrected chi connectivity index (χ2v) is 8.34. The van der Waals surface area contributed by atoms with Crippen LogP contribution >= 0.6 is 22.9 Å². The van der Waals surface area contributed by atoms with Crippen molar-refractivity contribution in [3.05, 3.63) is 29.3 Å². The maximum absolute atomic E-state index is 12.3. The molecule has 0 saturated heterocycles. The van der Waals surface area contributed by atoms with Crippen LogP contribution in [0.1, 0.15) is 57.6 Å². The number of hydrogen-bond acceptors (Lipinski definition) is 3. The molecule has 5 heteroatoms. The standard InChI is InChI=1S/C20H28INO3/c1-4-24-15-10-9-14-12-18(22(21)19(23)25-5-2)16-8-6-7-11-20(16,3)17(14)13-15/h9-10,13,16,18H,4-8,11-12H2,1-3H3/t16-,18+,20-/m1/s1. The zero-order chi connectivity index (χ0) is 18.0. The lowest BCUT2D eigenvalue weighted by atomic mass is 9.56. The van der Waals surface area contributed by atoms with E-state index in [9.17, 15) is 4.79 Å². The lowest BCUT2D eigenvalue weighted by Gasteiger charge is -2.51. The van der Waals surface area contributed by atoms with Crippen LogP contribution in [-0.2, 0) is 16.6 Å². The quantitative estimate of drug-likeness (QED) is 0.457. The smallest absolute Gasteiger partial charge is 0.418 e. The third-order valence-electron chi connectivity index (χ3n) is 5.91. The summed E-state index contributed by atoms with van der Waals surface area (Å²) < 4.78 is 12.8. The molecule has 1 saturated carbocycles. The van der Waals surface area contributed by atoms with Crippen molar-refractivity contribution in [2.75, 3.05) is 13.2 Å². The monoisotopic (exact) mass is 457 g/mol. The summed E-state index contributed by atoms with van der Waals surface area (Å²) in [4.78, 5) is 12.3. The number of ether oxygens (including phenoxy) is 2. The van der Waals surface area contributed by atoms with Gasteiger partial charge in [0.05, 0.1) is 42.1 Å². The number of carbonyl (C=O) groups is 1. The Kier molecular flexibility index (Phi) is 5.81. The zero-order valence-corrected chi connectivity index (χ0v) is 17.5.